The smallest absolute Gasteiger partial charge is 0.227 e. The molecule has 1 heterocycles. The monoisotopic (exact) mass is 270 g/mol. The van der Waals surface area contributed by atoms with Gasteiger partial charge in [-0.3, -0.25) is 4.79 Å². The van der Waals surface area contributed by atoms with Crippen molar-refractivity contribution in [2.24, 2.45) is 5.92 Å². The molecule has 0 radical (unpaired) electrons. The number of hydrogen-bond donors (Lipinski definition) is 1. The van der Waals surface area contributed by atoms with E-state index in [1.807, 2.05) is 0 Å². The van der Waals surface area contributed by atoms with Crippen LogP contribution >= 0.6 is 11.6 Å². The number of nitrogens with one attached hydrogen (secondary N) is 1. The predicted octanol–water partition coefficient (Wildman–Crippen LogP) is 2.05. The van der Waals surface area contributed by atoms with E-state index in [0.29, 0.717) is 11.6 Å². The second-order valence-electron chi connectivity index (χ2n) is 4.62. The highest BCUT2D eigenvalue weighted by Crippen LogP contribution is 2.20. The first kappa shape index (κ1) is 13.3. The van der Waals surface area contributed by atoms with Crippen LogP contribution in [-0.2, 0) is 11.3 Å². The maximum absolute atomic E-state index is 12.9. The fraction of sp³-hybridized carbons (Fsp3) is 0.462. The number of nitrogens with zero attached hydrogens (tertiary/aromatic N) is 1. The first-order chi connectivity index (χ1) is 8.58. The molecule has 2 rings (SSSR count). The maximum atomic E-state index is 12.9. The molecular weight excluding hydrogens is 255 g/mol. The molecule has 1 aliphatic rings. The molecule has 5 heteroatoms. The molecule has 1 saturated heterocycles. The van der Waals surface area contributed by atoms with Crippen LogP contribution in [0.1, 0.15) is 12.0 Å². The van der Waals surface area contributed by atoms with Crippen LogP contribution in [0.3, 0.4) is 0 Å². The zero-order chi connectivity index (χ0) is 13.1. The minimum absolute atomic E-state index is 0.0502. The first-order valence-corrected chi connectivity index (χ1v) is 6.35. The summed E-state index contributed by atoms with van der Waals surface area (Å²) in [6.07, 6.45) is 0.875. The highest BCUT2D eigenvalue weighted by molar-refractivity contribution is 6.31. The van der Waals surface area contributed by atoms with Gasteiger partial charge in [-0.15, -0.1) is 0 Å². The van der Waals surface area contributed by atoms with E-state index >= 15 is 0 Å². The van der Waals surface area contributed by atoms with Crippen LogP contribution in [0.2, 0.25) is 5.02 Å². The zero-order valence-electron chi connectivity index (χ0n) is 10.2. The lowest BCUT2D eigenvalue weighted by atomic mass is 10.1. The zero-order valence-corrected chi connectivity index (χ0v) is 11.0. The predicted molar refractivity (Wildman–Crippen MR) is 68.9 cm³/mol. The van der Waals surface area contributed by atoms with E-state index < -0.39 is 0 Å². The van der Waals surface area contributed by atoms with Gasteiger partial charge in [0.25, 0.3) is 0 Å². The van der Waals surface area contributed by atoms with Gasteiger partial charge in [-0.2, -0.15) is 0 Å². The van der Waals surface area contributed by atoms with Gasteiger partial charge in [0.1, 0.15) is 5.82 Å². The molecule has 1 atom stereocenters. The molecule has 0 spiro atoms. The van der Waals surface area contributed by atoms with Gasteiger partial charge in [0.2, 0.25) is 5.91 Å². The van der Waals surface area contributed by atoms with Crippen LogP contribution in [-0.4, -0.2) is 30.9 Å². The third kappa shape index (κ3) is 3.00. The van der Waals surface area contributed by atoms with E-state index in [2.05, 4.69) is 5.32 Å². The summed E-state index contributed by atoms with van der Waals surface area (Å²) in [5.41, 5.74) is 0.764. The van der Waals surface area contributed by atoms with Crippen molar-refractivity contribution in [3.8, 4) is 0 Å². The topological polar surface area (TPSA) is 32.3 Å². The van der Waals surface area contributed by atoms with Gasteiger partial charge in [0.15, 0.2) is 0 Å². The lowest BCUT2D eigenvalue weighted by Gasteiger charge is -2.21. The van der Waals surface area contributed by atoms with Gasteiger partial charge >= 0.3 is 0 Å². The Morgan fingerprint density at radius 1 is 1.61 bits per heavy atom. The molecule has 0 aliphatic carbocycles. The molecule has 0 aromatic heterocycles. The molecule has 1 aromatic rings. The van der Waals surface area contributed by atoms with Crippen molar-refractivity contribution in [2.75, 3.05) is 20.1 Å². The van der Waals surface area contributed by atoms with Crippen LogP contribution < -0.4 is 5.32 Å². The first-order valence-electron chi connectivity index (χ1n) is 5.97. The standard InChI is InChI=1S/C13H16ClFN2O/c1-17(13(18)9-4-5-16-7-9)8-10-2-3-11(15)6-12(10)14/h2-3,6,9,16H,4-5,7-8H2,1H3. The Labute approximate surface area is 111 Å². The summed E-state index contributed by atoms with van der Waals surface area (Å²) < 4.78 is 12.9. The van der Waals surface area contributed by atoms with Gasteiger partial charge < -0.3 is 10.2 Å². The third-order valence-corrected chi connectivity index (χ3v) is 3.56. The van der Waals surface area contributed by atoms with Crippen molar-refractivity contribution in [3.63, 3.8) is 0 Å². The van der Waals surface area contributed by atoms with Crippen molar-refractivity contribution >= 4 is 17.5 Å². The number of carbonyl (C=O) groups excluding carboxylic acids is 1. The molecule has 98 valence electrons. The highest BCUT2D eigenvalue weighted by Gasteiger charge is 2.25. The van der Waals surface area contributed by atoms with Crippen LogP contribution in [0.15, 0.2) is 18.2 Å². The molecule has 18 heavy (non-hydrogen) atoms. The molecule has 3 nitrogen and oxygen atoms in total. The highest BCUT2D eigenvalue weighted by atomic mass is 35.5. The third-order valence-electron chi connectivity index (χ3n) is 3.21. The Morgan fingerprint density at radius 3 is 3.00 bits per heavy atom. The molecule has 0 bridgehead atoms. The Hall–Kier alpha value is -1.13. The summed E-state index contributed by atoms with van der Waals surface area (Å²) in [5.74, 6) is -0.202. The van der Waals surface area contributed by atoms with Crippen molar-refractivity contribution < 1.29 is 9.18 Å². The van der Waals surface area contributed by atoms with Gasteiger partial charge in [-0.05, 0) is 30.7 Å². The van der Waals surface area contributed by atoms with E-state index in [1.54, 1.807) is 18.0 Å². The van der Waals surface area contributed by atoms with Crippen molar-refractivity contribution in [2.45, 2.75) is 13.0 Å². The normalized spacial score (nSPS) is 18.9. The summed E-state index contributed by atoms with van der Waals surface area (Å²) in [6.45, 7) is 2.04. The van der Waals surface area contributed by atoms with E-state index in [1.165, 1.54) is 12.1 Å². The van der Waals surface area contributed by atoms with Gasteiger partial charge in [0.05, 0.1) is 5.92 Å². The molecule has 1 aromatic carbocycles. The number of amides is 1. The van der Waals surface area contributed by atoms with E-state index in [0.717, 1.165) is 25.1 Å². The van der Waals surface area contributed by atoms with E-state index in [4.69, 9.17) is 11.6 Å². The molecule has 1 N–H and O–H groups in total. The second kappa shape index (κ2) is 5.67. The summed E-state index contributed by atoms with van der Waals surface area (Å²) in [7, 11) is 1.75. The second-order valence-corrected chi connectivity index (χ2v) is 5.03. The summed E-state index contributed by atoms with van der Waals surface area (Å²) in [4.78, 5) is 13.7. The van der Waals surface area contributed by atoms with Crippen molar-refractivity contribution in [1.29, 1.82) is 0 Å². The molecule has 1 amide bonds. The summed E-state index contributed by atoms with van der Waals surface area (Å²) in [5, 5.41) is 3.53. The minimum Gasteiger partial charge on any atom is -0.341 e. The Morgan fingerprint density at radius 2 is 2.39 bits per heavy atom. The van der Waals surface area contributed by atoms with Crippen LogP contribution in [0.4, 0.5) is 4.39 Å². The van der Waals surface area contributed by atoms with Crippen LogP contribution in [0.25, 0.3) is 0 Å². The van der Waals surface area contributed by atoms with Crippen LogP contribution in [0.5, 0.6) is 0 Å². The minimum atomic E-state index is -0.363. The maximum Gasteiger partial charge on any atom is 0.227 e. The fourth-order valence-electron chi connectivity index (χ4n) is 2.16. The molecule has 0 saturated carbocycles. The quantitative estimate of drug-likeness (QED) is 0.912. The average Bonchev–Trinajstić information content (AvgIpc) is 2.85. The van der Waals surface area contributed by atoms with Gasteiger partial charge in [-0.1, -0.05) is 17.7 Å². The lowest BCUT2D eigenvalue weighted by molar-refractivity contribution is -0.134. The van der Waals surface area contributed by atoms with Crippen molar-refractivity contribution in [3.05, 3.63) is 34.6 Å². The Bertz CT molecular complexity index is 447. The fourth-order valence-corrected chi connectivity index (χ4v) is 2.39. The number of rotatable bonds is 3. The molecule has 1 aliphatic heterocycles. The summed E-state index contributed by atoms with van der Waals surface area (Å²) >= 11 is 5.95. The van der Waals surface area contributed by atoms with Gasteiger partial charge in [-0.25, -0.2) is 4.39 Å². The van der Waals surface area contributed by atoms with Crippen molar-refractivity contribution in [1.82, 2.24) is 10.2 Å². The van der Waals surface area contributed by atoms with E-state index in [-0.39, 0.29) is 17.6 Å². The number of carbonyl (C=O) groups is 1. The average molecular weight is 271 g/mol. The Balaban J connectivity index is 2.01. The SMILES string of the molecule is CN(Cc1ccc(F)cc1Cl)C(=O)C1CCNC1. The number of benzene rings is 1. The number of hydrogen-bond acceptors (Lipinski definition) is 2. The van der Waals surface area contributed by atoms with Gasteiger partial charge in [0, 0.05) is 25.2 Å². The molecule has 1 fully saturated rings. The Kier molecular flexibility index (Phi) is 4.19. The largest absolute Gasteiger partial charge is 0.341 e. The summed E-state index contributed by atoms with van der Waals surface area (Å²) in [6, 6.07) is 4.25. The molecule has 1 unspecified atom stereocenters. The van der Waals surface area contributed by atoms with E-state index in [9.17, 15) is 9.18 Å². The lowest BCUT2D eigenvalue weighted by Crippen LogP contribution is -2.33. The van der Waals surface area contributed by atoms with Crippen LogP contribution in [0, 0.1) is 11.7 Å². The number of halogens is 2. The molecular formula is C13H16ClFN2O.